The van der Waals surface area contributed by atoms with Gasteiger partial charge in [-0.3, -0.25) is 9.89 Å². The summed E-state index contributed by atoms with van der Waals surface area (Å²) in [6.45, 7) is 17.1. The van der Waals surface area contributed by atoms with Crippen molar-refractivity contribution in [3.63, 3.8) is 0 Å². The minimum atomic E-state index is 0.128. The second kappa shape index (κ2) is 11.1. The van der Waals surface area contributed by atoms with Crippen molar-refractivity contribution in [1.29, 1.82) is 0 Å². The monoisotopic (exact) mass is 411 g/mol. The van der Waals surface area contributed by atoms with Crippen LogP contribution in [0.5, 0.6) is 0 Å². The molecule has 0 amide bonds. The van der Waals surface area contributed by atoms with Crippen molar-refractivity contribution in [2.45, 2.75) is 40.7 Å². The highest BCUT2D eigenvalue weighted by Gasteiger charge is 2.26. The molecule has 2 aromatic rings. The van der Waals surface area contributed by atoms with E-state index in [1.807, 2.05) is 45.3 Å². The van der Waals surface area contributed by atoms with Crippen LogP contribution in [0.4, 0.5) is 5.69 Å². The number of aromatic amines is 1. The quantitative estimate of drug-likeness (QED) is 0.698. The molecule has 1 fully saturated rings. The standard InChI is InChI=1S/C22H31N5O.C2H6/c1-6-7-19(25-16(4)15(2)3)18-12-24-22-21(18)20(8-9-23-22)27-11-10-26(5)17(13-27)14-28;1-2/h6-9,12,15,17,28H,4,10-11,13-14H2,1-3,5H3,(H,23,24);1-2H3/b7-6-,25-19?;. The van der Waals surface area contributed by atoms with Gasteiger partial charge in [-0.2, -0.15) is 0 Å². The first kappa shape index (κ1) is 23.8. The van der Waals surface area contributed by atoms with Gasteiger partial charge in [0.15, 0.2) is 0 Å². The number of rotatable bonds is 6. The molecule has 0 radical (unpaired) electrons. The van der Waals surface area contributed by atoms with Gasteiger partial charge in [0, 0.05) is 43.3 Å². The molecule has 1 aliphatic rings. The first-order chi connectivity index (χ1) is 14.5. The fraction of sp³-hybridized carbons (Fsp3) is 0.500. The van der Waals surface area contributed by atoms with E-state index in [0.717, 1.165) is 53.3 Å². The zero-order chi connectivity index (χ0) is 22.3. The number of H-pyrrole nitrogens is 1. The second-order valence-corrected chi connectivity index (χ2v) is 7.66. The molecule has 1 aliphatic heterocycles. The van der Waals surface area contributed by atoms with E-state index in [0.29, 0.717) is 0 Å². The Labute approximate surface area is 181 Å². The molecule has 0 spiro atoms. The third kappa shape index (κ3) is 5.18. The molecule has 0 bridgehead atoms. The van der Waals surface area contributed by atoms with Crippen LogP contribution in [0.1, 0.15) is 40.2 Å². The number of fused-ring (bicyclic) bond motifs is 1. The predicted octanol–water partition coefficient (Wildman–Crippen LogP) is 4.24. The Hall–Kier alpha value is -2.44. The molecule has 3 heterocycles. The van der Waals surface area contributed by atoms with Crippen molar-refractivity contribution < 1.29 is 5.11 Å². The van der Waals surface area contributed by atoms with Crippen molar-refractivity contribution in [1.82, 2.24) is 14.9 Å². The van der Waals surface area contributed by atoms with Gasteiger partial charge in [0.2, 0.25) is 0 Å². The van der Waals surface area contributed by atoms with Crippen LogP contribution >= 0.6 is 0 Å². The number of piperazine rings is 1. The summed E-state index contributed by atoms with van der Waals surface area (Å²) >= 11 is 0. The lowest BCUT2D eigenvalue weighted by Gasteiger charge is -2.40. The maximum absolute atomic E-state index is 9.74. The number of aromatic nitrogens is 2. The van der Waals surface area contributed by atoms with Crippen LogP contribution in [0.25, 0.3) is 11.0 Å². The van der Waals surface area contributed by atoms with E-state index in [1.165, 1.54) is 0 Å². The van der Waals surface area contributed by atoms with E-state index in [-0.39, 0.29) is 18.6 Å². The summed E-state index contributed by atoms with van der Waals surface area (Å²) < 4.78 is 0. The van der Waals surface area contributed by atoms with Crippen molar-refractivity contribution in [2.75, 3.05) is 38.2 Å². The van der Waals surface area contributed by atoms with Gasteiger partial charge in [-0.05, 0) is 32.0 Å². The van der Waals surface area contributed by atoms with Crippen LogP contribution in [0.2, 0.25) is 0 Å². The molecule has 0 saturated carbocycles. The minimum absolute atomic E-state index is 0.128. The molecule has 1 atom stereocenters. The van der Waals surface area contributed by atoms with Gasteiger partial charge in [-0.25, -0.2) is 4.98 Å². The summed E-state index contributed by atoms with van der Waals surface area (Å²) in [5.41, 5.74) is 4.74. The largest absolute Gasteiger partial charge is 0.395 e. The van der Waals surface area contributed by atoms with Crippen molar-refractivity contribution >= 4 is 22.4 Å². The third-order valence-corrected chi connectivity index (χ3v) is 5.41. The normalized spacial score (nSPS) is 18.2. The molecule has 2 aromatic heterocycles. The van der Waals surface area contributed by atoms with E-state index < -0.39 is 0 Å². The first-order valence-corrected chi connectivity index (χ1v) is 10.9. The molecule has 30 heavy (non-hydrogen) atoms. The Morgan fingerprint density at radius 3 is 2.77 bits per heavy atom. The Balaban J connectivity index is 0.00000155. The zero-order valence-corrected chi connectivity index (χ0v) is 19.3. The number of anilines is 1. The number of likely N-dealkylation sites (N-methyl/N-ethyl adjacent to an activating group) is 1. The van der Waals surface area contributed by atoms with E-state index in [9.17, 15) is 5.11 Å². The second-order valence-electron chi connectivity index (χ2n) is 7.66. The van der Waals surface area contributed by atoms with Crippen molar-refractivity contribution in [2.24, 2.45) is 10.9 Å². The van der Waals surface area contributed by atoms with Crippen LogP contribution < -0.4 is 4.90 Å². The summed E-state index contributed by atoms with van der Waals surface area (Å²) in [7, 11) is 2.07. The Morgan fingerprint density at radius 2 is 2.13 bits per heavy atom. The average Bonchev–Trinajstić information content (AvgIpc) is 3.19. The number of aliphatic hydroxyl groups excluding tert-OH is 1. The molecule has 6 heteroatoms. The molecular weight excluding hydrogens is 374 g/mol. The number of pyridine rings is 1. The van der Waals surface area contributed by atoms with Crippen LogP contribution in [0.3, 0.4) is 0 Å². The lowest BCUT2D eigenvalue weighted by Crippen LogP contribution is -2.53. The lowest BCUT2D eigenvalue weighted by molar-refractivity contribution is 0.135. The number of hydrogen-bond acceptors (Lipinski definition) is 5. The summed E-state index contributed by atoms with van der Waals surface area (Å²) in [5.74, 6) is 0.283. The van der Waals surface area contributed by atoms with Gasteiger partial charge in [0.25, 0.3) is 0 Å². The van der Waals surface area contributed by atoms with Gasteiger partial charge in [0.05, 0.1) is 29.4 Å². The van der Waals surface area contributed by atoms with Gasteiger partial charge >= 0.3 is 0 Å². The maximum atomic E-state index is 9.74. The molecule has 1 saturated heterocycles. The Bertz CT molecular complexity index is 896. The summed E-state index contributed by atoms with van der Waals surface area (Å²) in [6, 6.07) is 2.19. The molecule has 0 aliphatic carbocycles. The van der Waals surface area contributed by atoms with Gasteiger partial charge in [-0.1, -0.05) is 40.3 Å². The highest BCUT2D eigenvalue weighted by Crippen LogP contribution is 2.31. The summed E-state index contributed by atoms with van der Waals surface area (Å²) in [4.78, 5) is 17.2. The topological polar surface area (TPSA) is 67.8 Å². The number of nitrogens with one attached hydrogen (secondary N) is 1. The van der Waals surface area contributed by atoms with Gasteiger partial charge in [0.1, 0.15) is 5.65 Å². The fourth-order valence-electron chi connectivity index (χ4n) is 3.50. The number of aliphatic imine (C=N–C) groups is 1. The smallest absolute Gasteiger partial charge is 0.140 e. The highest BCUT2D eigenvalue weighted by molar-refractivity contribution is 6.18. The third-order valence-electron chi connectivity index (χ3n) is 5.41. The van der Waals surface area contributed by atoms with Crippen LogP contribution in [0.15, 0.2) is 47.9 Å². The first-order valence-electron chi connectivity index (χ1n) is 10.9. The number of aliphatic hydroxyl groups is 1. The van der Waals surface area contributed by atoms with Crippen LogP contribution in [0, 0.1) is 5.92 Å². The van der Waals surface area contributed by atoms with E-state index in [1.54, 1.807) is 0 Å². The van der Waals surface area contributed by atoms with Crippen molar-refractivity contribution in [3.05, 3.63) is 48.5 Å². The SMILES string of the molecule is C=C(N=C(/C=C\C)c1c[nH]c2nccc(N3CCN(C)C(CO)C3)c12)C(C)C.CC. The van der Waals surface area contributed by atoms with Crippen molar-refractivity contribution in [3.8, 4) is 0 Å². The molecule has 2 N–H and O–H groups in total. The van der Waals surface area contributed by atoms with E-state index in [4.69, 9.17) is 4.99 Å². The highest BCUT2D eigenvalue weighted by atomic mass is 16.3. The average molecular weight is 412 g/mol. The molecular formula is C24H37N5O. The van der Waals surface area contributed by atoms with Crippen LogP contribution in [-0.2, 0) is 0 Å². The number of hydrogen-bond donors (Lipinski definition) is 2. The molecule has 164 valence electrons. The maximum Gasteiger partial charge on any atom is 0.140 e. The minimum Gasteiger partial charge on any atom is -0.395 e. The predicted molar refractivity (Wildman–Crippen MR) is 128 cm³/mol. The number of allylic oxidation sites excluding steroid dienone is 3. The Morgan fingerprint density at radius 1 is 1.40 bits per heavy atom. The van der Waals surface area contributed by atoms with Crippen LogP contribution in [-0.4, -0.2) is 65.0 Å². The fourth-order valence-corrected chi connectivity index (χ4v) is 3.50. The number of nitrogens with zero attached hydrogens (tertiary/aromatic N) is 4. The molecule has 0 aromatic carbocycles. The van der Waals surface area contributed by atoms with Gasteiger partial charge < -0.3 is 15.0 Å². The molecule has 3 rings (SSSR count). The van der Waals surface area contributed by atoms with E-state index in [2.05, 4.69) is 53.3 Å². The summed E-state index contributed by atoms with van der Waals surface area (Å²) in [5, 5.41) is 10.8. The molecule has 6 nitrogen and oxygen atoms in total. The molecule has 1 unspecified atom stereocenters. The van der Waals surface area contributed by atoms with Gasteiger partial charge in [-0.15, -0.1) is 0 Å². The lowest BCUT2D eigenvalue weighted by atomic mass is 10.1. The van der Waals surface area contributed by atoms with E-state index >= 15 is 0 Å². The Kier molecular flexibility index (Phi) is 8.81. The zero-order valence-electron chi connectivity index (χ0n) is 19.3. The summed E-state index contributed by atoms with van der Waals surface area (Å²) in [6.07, 6.45) is 7.84.